The summed E-state index contributed by atoms with van der Waals surface area (Å²) in [7, 11) is 0. The van der Waals surface area contributed by atoms with Crippen molar-refractivity contribution in [3.8, 4) is 11.3 Å². The predicted octanol–water partition coefficient (Wildman–Crippen LogP) is 4.04. The Bertz CT molecular complexity index is 1490. The molecule has 3 saturated heterocycles. The van der Waals surface area contributed by atoms with E-state index in [1.54, 1.807) is 12.1 Å². The molecule has 7 rings (SSSR count). The topological polar surface area (TPSA) is 86.1 Å². The van der Waals surface area contributed by atoms with Crippen molar-refractivity contribution < 1.29 is 23.4 Å². The first-order valence-corrected chi connectivity index (χ1v) is 13.5. The Morgan fingerprint density at radius 3 is 2.78 bits per heavy atom. The molecule has 192 valence electrons. The number of carbonyl (C=O) groups is 1. The summed E-state index contributed by atoms with van der Waals surface area (Å²) in [6.07, 6.45) is 4.19. The van der Waals surface area contributed by atoms with E-state index in [-0.39, 0.29) is 23.8 Å². The number of benzene rings is 2. The molecule has 10 heteroatoms. The van der Waals surface area contributed by atoms with Crippen molar-refractivity contribution in [1.82, 2.24) is 20.0 Å². The van der Waals surface area contributed by atoms with Gasteiger partial charge in [0, 0.05) is 49.0 Å². The van der Waals surface area contributed by atoms with Crippen LogP contribution in [0.4, 0.5) is 4.39 Å². The normalized spacial score (nSPS) is 21.9. The number of hydrogen-bond acceptors (Lipinski definition) is 7. The highest BCUT2D eigenvalue weighted by atomic mass is 32.1. The maximum atomic E-state index is 15.3. The number of aromatic nitrogens is 2. The molecule has 2 N–H and O–H groups in total. The lowest BCUT2D eigenvalue weighted by atomic mass is 10.0. The molecule has 0 saturated carbocycles. The second kappa shape index (κ2) is 9.14. The molecule has 3 fully saturated rings. The molecule has 1 unspecified atom stereocenters. The van der Waals surface area contributed by atoms with Crippen LogP contribution in [0.3, 0.4) is 0 Å². The molecule has 1 amide bonds. The number of halogens is 1. The largest absolute Gasteiger partial charge is 0.381 e. The molecule has 0 aliphatic carbocycles. The molecule has 2 aromatic carbocycles. The smallest absolute Gasteiger partial charge is 0.251 e. The van der Waals surface area contributed by atoms with Crippen molar-refractivity contribution in [2.75, 3.05) is 33.0 Å². The number of carbonyl (C=O) groups excluding carboxylic acids is 1. The van der Waals surface area contributed by atoms with Gasteiger partial charge in [0.1, 0.15) is 5.82 Å². The highest BCUT2D eigenvalue weighted by Crippen LogP contribution is 2.37. The first kappa shape index (κ1) is 23.2. The third-order valence-corrected chi connectivity index (χ3v) is 8.55. The van der Waals surface area contributed by atoms with Crippen LogP contribution < -0.4 is 10.6 Å². The minimum Gasteiger partial charge on any atom is -0.381 e. The summed E-state index contributed by atoms with van der Waals surface area (Å²) in [5.74, 6) is -0.965. The highest BCUT2D eigenvalue weighted by molar-refractivity contribution is 7.23. The zero-order valence-electron chi connectivity index (χ0n) is 20.2. The molecule has 3 aliphatic rings. The number of nitrogens with one attached hydrogen (secondary N) is 2. The van der Waals surface area contributed by atoms with E-state index in [0.717, 1.165) is 33.6 Å². The SMILES string of the molecule is O=C(NC1CCOCC1)c1ccc2c(c1)sc1nc(-c3ccc(C4CC5(CN4)OCCO5)cc3F)cn12. The van der Waals surface area contributed by atoms with E-state index in [0.29, 0.717) is 56.2 Å². The van der Waals surface area contributed by atoms with Crippen molar-refractivity contribution in [3.05, 3.63) is 59.5 Å². The number of nitrogens with zero attached hydrogens (tertiary/aromatic N) is 2. The highest BCUT2D eigenvalue weighted by Gasteiger charge is 2.44. The van der Waals surface area contributed by atoms with Crippen LogP contribution >= 0.6 is 11.3 Å². The summed E-state index contributed by atoms with van der Waals surface area (Å²) in [6, 6.07) is 11.1. The van der Waals surface area contributed by atoms with E-state index in [4.69, 9.17) is 19.2 Å². The third kappa shape index (κ3) is 4.22. The van der Waals surface area contributed by atoms with Gasteiger partial charge in [0.05, 0.1) is 35.7 Å². The maximum Gasteiger partial charge on any atom is 0.251 e. The van der Waals surface area contributed by atoms with E-state index >= 15 is 4.39 Å². The molecule has 4 aromatic rings. The number of thiazole rings is 1. The number of rotatable bonds is 4. The molecule has 8 nitrogen and oxygen atoms in total. The molecule has 3 aliphatic heterocycles. The minimum absolute atomic E-state index is 0.0195. The minimum atomic E-state index is -0.583. The summed E-state index contributed by atoms with van der Waals surface area (Å²) in [5, 5.41) is 6.50. The third-order valence-electron chi connectivity index (χ3n) is 7.53. The number of ether oxygens (including phenoxy) is 3. The summed E-state index contributed by atoms with van der Waals surface area (Å²) < 4.78 is 35.1. The Morgan fingerprint density at radius 1 is 1.14 bits per heavy atom. The Kier molecular flexibility index (Phi) is 5.74. The van der Waals surface area contributed by atoms with Gasteiger partial charge in [0.15, 0.2) is 10.7 Å². The Hall–Kier alpha value is -2.89. The Balaban J connectivity index is 1.12. The number of amides is 1. The van der Waals surface area contributed by atoms with Crippen LogP contribution in [-0.2, 0) is 14.2 Å². The fourth-order valence-electron chi connectivity index (χ4n) is 5.53. The Morgan fingerprint density at radius 2 is 1.97 bits per heavy atom. The van der Waals surface area contributed by atoms with E-state index in [2.05, 4.69) is 10.6 Å². The zero-order chi connectivity index (χ0) is 25.0. The maximum absolute atomic E-state index is 15.3. The lowest BCUT2D eigenvalue weighted by molar-refractivity contribution is -0.141. The second-order valence-corrected chi connectivity index (χ2v) is 10.9. The first-order valence-electron chi connectivity index (χ1n) is 12.7. The van der Waals surface area contributed by atoms with Crippen LogP contribution in [0.2, 0.25) is 0 Å². The van der Waals surface area contributed by atoms with Crippen LogP contribution in [0.25, 0.3) is 26.4 Å². The molecule has 1 atom stereocenters. The molecular formula is C27H27FN4O4S. The lowest BCUT2D eigenvalue weighted by Gasteiger charge is -2.23. The van der Waals surface area contributed by atoms with E-state index in [1.807, 2.05) is 34.9 Å². The quantitative estimate of drug-likeness (QED) is 0.421. The van der Waals surface area contributed by atoms with Crippen molar-refractivity contribution >= 4 is 32.4 Å². The lowest BCUT2D eigenvalue weighted by Crippen LogP contribution is -2.38. The number of fused-ring (bicyclic) bond motifs is 3. The fourth-order valence-corrected chi connectivity index (χ4v) is 6.57. The first-order chi connectivity index (χ1) is 18.1. The number of hydrogen-bond donors (Lipinski definition) is 2. The van der Waals surface area contributed by atoms with Crippen LogP contribution in [-0.4, -0.2) is 60.1 Å². The van der Waals surface area contributed by atoms with E-state index in [9.17, 15) is 4.79 Å². The molecular weight excluding hydrogens is 495 g/mol. The molecule has 2 aromatic heterocycles. The summed E-state index contributed by atoms with van der Waals surface area (Å²) in [5.41, 5.74) is 3.48. The average molecular weight is 523 g/mol. The van der Waals surface area contributed by atoms with E-state index in [1.165, 1.54) is 11.3 Å². The standard InChI is InChI=1S/C27H27FN4O4S/c28-20-11-16(21-13-27(15-29-21)35-9-10-36-27)1-3-19(20)22-14-32-23-4-2-17(12-24(23)37-26(32)31-22)25(33)30-18-5-7-34-8-6-18/h1-4,11-12,14,18,21,29H,5-10,13,15H2,(H,30,33). The fraction of sp³-hybridized carbons (Fsp3) is 0.407. The predicted molar refractivity (Wildman–Crippen MR) is 137 cm³/mol. The van der Waals surface area contributed by atoms with Crippen LogP contribution in [0.5, 0.6) is 0 Å². The van der Waals surface area contributed by atoms with Crippen molar-refractivity contribution in [2.24, 2.45) is 0 Å². The van der Waals surface area contributed by atoms with Crippen LogP contribution in [0, 0.1) is 5.82 Å². The van der Waals surface area contributed by atoms with Gasteiger partial charge in [0.2, 0.25) is 0 Å². The van der Waals surface area contributed by atoms with Gasteiger partial charge in [-0.15, -0.1) is 0 Å². The van der Waals surface area contributed by atoms with Crippen LogP contribution in [0.1, 0.15) is 41.2 Å². The van der Waals surface area contributed by atoms with Gasteiger partial charge in [0.25, 0.3) is 5.91 Å². The zero-order valence-corrected chi connectivity index (χ0v) is 21.0. The molecule has 0 bridgehead atoms. The average Bonchev–Trinajstić information content (AvgIpc) is 3.69. The monoisotopic (exact) mass is 522 g/mol. The molecule has 5 heterocycles. The van der Waals surface area contributed by atoms with Crippen molar-refractivity contribution in [2.45, 2.75) is 37.1 Å². The summed E-state index contributed by atoms with van der Waals surface area (Å²) in [4.78, 5) is 18.2. The molecule has 0 radical (unpaired) electrons. The Labute approximate surface area is 216 Å². The van der Waals surface area contributed by atoms with Gasteiger partial charge in [-0.25, -0.2) is 9.37 Å². The second-order valence-electron chi connectivity index (χ2n) is 9.91. The van der Waals surface area contributed by atoms with Gasteiger partial charge in [-0.2, -0.15) is 0 Å². The van der Waals surface area contributed by atoms with Gasteiger partial charge in [-0.05, 0) is 48.7 Å². The van der Waals surface area contributed by atoms with Gasteiger partial charge < -0.3 is 24.8 Å². The number of imidazole rings is 1. The van der Waals surface area contributed by atoms with Crippen molar-refractivity contribution in [3.63, 3.8) is 0 Å². The van der Waals surface area contributed by atoms with Crippen LogP contribution in [0.15, 0.2) is 42.6 Å². The van der Waals surface area contributed by atoms with Gasteiger partial charge in [-0.3, -0.25) is 9.20 Å². The van der Waals surface area contributed by atoms with Gasteiger partial charge >= 0.3 is 0 Å². The summed E-state index contributed by atoms with van der Waals surface area (Å²) in [6.45, 7) is 3.15. The van der Waals surface area contributed by atoms with Gasteiger partial charge in [-0.1, -0.05) is 17.4 Å². The van der Waals surface area contributed by atoms with E-state index < -0.39 is 5.79 Å². The van der Waals surface area contributed by atoms with Crippen molar-refractivity contribution in [1.29, 1.82) is 0 Å². The summed E-state index contributed by atoms with van der Waals surface area (Å²) >= 11 is 1.49. The molecule has 37 heavy (non-hydrogen) atoms. The molecule has 1 spiro atoms.